The van der Waals surface area contributed by atoms with E-state index in [0.29, 0.717) is 0 Å². The fourth-order valence-corrected chi connectivity index (χ4v) is 6.13. The van der Waals surface area contributed by atoms with Gasteiger partial charge in [-0.3, -0.25) is 19.3 Å². The molecule has 3 amide bonds. The van der Waals surface area contributed by atoms with Gasteiger partial charge in [0.25, 0.3) is 11.8 Å². The second-order valence-corrected chi connectivity index (χ2v) is 11.2. The lowest BCUT2D eigenvalue weighted by Crippen LogP contribution is -2.62. The number of rotatable bonds is 7. The Hall–Kier alpha value is -4.50. The number of pyridine rings is 1. The van der Waals surface area contributed by atoms with E-state index in [1.165, 1.54) is 48.7 Å². The lowest BCUT2D eigenvalue weighted by molar-refractivity contribution is -0.132. The van der Waals surface area contributed by atoms with Crippen LogP contribution in [0.2, 0.25) is 5.02 Å². The van der Waals surface area contributed by atoms with Crippen molar-refractivity contribution in [1.29, 1.82) is 5.26 Å². The monoisotopic (exact) mass is 627 g/mol. The Morgan fingerprint density at radius 3 is 2.50 bits per heavy atom. The summed E-state index contributed by atoms with van der Waals surface area (Å²) in [5.74, 6) is -8.71. The molecule has 228 valence electrons. The van der Waals surface area contributed by atoms with Crippen molar-refractivity contribution in [3.63, 3.8) is 0 Å². The Labute approximate surface area is 255 Å². The van der Waals surface area contributed by atoms with E-state index < -0.39 is 72.4 Å². The van der Waals surface area contributed by atoms with E-state index in [-0.39, 0.29) is 40.5 Å². The number of carbonyl (C=O) groups is 3. The van der Waals surface area contributed by atoms with Crippen LogP contribution in [0.5, 0.6) is 0 Å². The van der Waals surface area contributed by atoms with Crippen molar-refractivity contribution in [2.24, 2.45) is 0 Å². The van der Waals surface area contributed by atoms with Gasteiger partial charge in [0.1, 0.15) is 17.2 Å². The van der Waals surface area contributed by atoms with Gasteiger partial charge in [-0.25, -0.2) is 22.5 Å². The fraction of sp³-hybridized carbons (Fsp3) is 0.323. The van der Waals surface area contributed by atoms with E-state index in [4.69, 9.17) is 11.6 Å². The topological polar surface area (TPSA) is 115 Å². The lowest BCUT2D eigenvalue weighted by atomic mass is 9.74. The van der Waals surface area contributed by atoms with Crippen LogP contribution in [0.4, 0.5) is 29.1 Å². The van der Waals surface area contributed by atoms with E-state index in [9.17, 15) is 32.8 Å². The zero-order valence-electron chi connectivity index (χ0n) is 23.1. The van der Waals surface area contributed by atoms with Gasteiger partial charge < -0.3 is 10.6 Å². The van der Waals surface area contributed by atoms with E-state index in [2.05, 4.69) is 15.6 Å². The predicted octanol–water partition coefficient (Wildman–Crippen LogP) is 5.68. The molecule has 2 aliphatic rings. The van der Waals surface area contributed by atoms with Crippen molar-refractivity contribution >= 4 is 40.8 Å². The summed E-state index contributed by atoms with van der Waals surface area (Å²) in [6.07, 6.45) is -3.02. The van der Waals surface area contributed by atoms with E-state index in [0.717, 1.165) is 17.0 Å². The third-order valence-corrected chi connectivity index (χ3v) is 8.32. The molecule has 1 aromatic heterocycles. The average molecular weight is 628 g/mol. The highest BCUT2D eigenvalue weighted by molar-refractivity contribution is 6.32. The Morgan fingerprint density at radius 2 is 1.82 bits per heavy atom. The van der Waals surface area contributed by atoms with Gasteiger partial charge in [-0.1, -0.05) is 35.9 Å². The molecule has 44 heavy (non-hydrogen) atoms. The minimum absolute atomic E-state index is 0.00852. The summed E-state index contributed by atoms with van der Waals surface area (Å²) >= 11 is 6.57. The largest absolute Gasteiger partial charge is 0.353 e. The highest BCUT2D eigenvalue weighted by atomic mass is 35.5. The molecule has 5 rings (SSSR count). The number of nitrogens with zero attached hydrogens (tertiary/aromatic N) is 3. The molecular formula is C31H26ClF4N5O3. The number of carbonyl (C=O) groups excluding carboxylic acids is 3. The number of alkyl halides is 3. The molecule has 3 atom stereocenters. The third-order valence-electron chi connectivity index (χ3n) is 7.98. The highest BCUT2D eigenvalue weighted by Crippen LogP contribution is 2.48. The van der Waals surface area contributed by atoms with Crippen LogP contribution in [0, 0.1) is 17.1 Å². The van der Waals surface area contributed by atoms with Gasteiger partial charge in [0.05, 0.1) is 17.6 Å². The Bertz CT molecular complexity index is 1640. The molecule has 2 heterocycles. The summed E-state index contributed by atoms with van der Waals surface area (Å²) in [6, 6.07) is 14.5. The first kappa shape index (κ1) is 30.9. The van der Waals surface area contributed by atoms with Gasteiger partial charge in [0, 0.05) is 42.2 Å². The molecule has 2 aromatic carbocycles. The quantitative estimate of drug-likeness (QED) is 0.327. The number of halogens is 5. The molecule has 1 aliphatic carbocycles. The Balaban J connectivity index is 1.70. The van der Waals surface area contributed by atoms with Crippen molar-refractivity contribution in [2.75, 3.05) is 10.2 Å². The lowest BCUT2D eigenvalue weighted by Gasteiger charge is -2.42. The van der Waals surface area contributed by atoms with Gasteiger partial charge in [-0.15, -0.1) is 0 Å². The zero-order chi connectivity index (χ0) is 31.6. The molecule has 0 radical (unpaired) electrons. The fourth-order valence-electron chi connectivity index (χ4n) is 5.89. The van der Waals surface area contributed by atoms with E-state index in [1.807, 2.05) is 6.07 Å². The number of aromatic nitrogens is 1. The molecule has 1 saturated heterocycles. The van der Waals surface area contributed by atoms with Crippen molar-refractivity contribution in [3.8, 4) is 6.07 Å². The van der Waals surface area contributed by atoms with Crippen LogP contribution >= 0.6 is 11.6 Å². The number of amides is 3. The predicted molar refractivity (Wildman–Crippen MR) is 153 cm³/mol. The normalized spacial score (nSPS) is 22.2. The second kappa shape index (κ2) is 12.2. The van der Waals surface area contributed by atoms with Crippen molar-refractivity contribution < 1.29 is 31.9 Å². The maximum absolute atomic E-state index is 15.7. The number of hydrogen-bond acceptors (Lipinski definition) is 5. The molecule has 1 saturated carbocycles. The molecule has 8 nitrogen and oxygen atoms in total. The van der Waals surface area contributed by atoms with Gasteiger partial charge >= 0.3 is 0 Å². The molecule has 2 fully saturated rings. The first-order valence-corrected chi connectivity index (χ1v) is 14.2. The molecule has 13 heteroatoms. The maximum atomic E-state index is 15.7. The van der Waals surface area contributed by atoms with Crippen LogP contribution in [0.15, 0.2) is 66.9 Å². The van der Waals surface area contributed by atoms with Gasteiger partial charge in [-0.2, -0.15) is 5.26 Å². The Morgan fingerprint density at radius 1 is 1.09 bits per heavy atom. The van der Waals surface area contributed by atoms with Crippen LogP contribution in [-0.2, 0) is 14.4 Å². The van der Waals surface area contributed by atoms with E-state index in [1.54, 1.807) is 6.07 Å². The first-order valence-electron chi connectivity index (χ1n) is 13.8. The number of anilines is 2. The number of nitrogens with one attached hydrogen (secondary N) is 2. The molecule has 2 unspecified atom stereocenters. The van der Waals surface area contributed by atoms with Crippen LogP contribution in [-0.4, -0.2) is 46.4 Å². The average Bonchev–Trinajstić information content (AvgIpc) is 3.25. The smallest absolute Gasteiger partial charge is 0.263 e. The highest BCUT2D eigenvalue weighted by Gasteiger charge is 2.64. The Kier molecular flexibility index (Phi) is 8.61. The van der Waals surface area contributed by atoms with Gasteiger partial charge in [0.15, 0.2) is 6.17 Å². The van der Waals surface area contributed by atoms with Crippen molar-refractivity contribution in [2.45, 2.75) is 61.7 Å². The second-order valence-electron chi connectivity index (χ2n) is 10.8. The molecular weight excluding hydrogens is 602 g/mol. The number of hydrogen-bond donors (Lipinski definition) is 2. The number of nitriles is 1. The maximum Gasteiger partial charge on any atom is 0.263 e. The van der Waals surface area contributed by atoms with Crippen LogP contribution in [0.3, 0.4) is 0 Å². The molecule has 2 N–H and O–H groups in total. The van der Waals surface area contributed by atoms with Crippen LogP contribution in [0.25, 0.3) is 0 Å². The minimum atomic E-state index is -2.89. The summed E-state index contributed by atoms with van der Waals surface area (Å²) in [4.78, 5) is 47.3. The summed E-state index contributed by atoms with van der Waals surface area (Å²) in [7, 11) is 0. The SMILES string of the molecule is N#Cc1ccnc(N2C(=O)C(F)CC2(C(=O)Nc2cccc(F)c2)[C@@H](C(=O)NC2CCC(F)(F)CC2)c2ccccc2Cl)c1. The van der Waals surface area contributed by atoms with Crippen LogP contribution in [0.1, 0.15) is 49.1 Å². The van der Waals surface area contributed by atoms with Crippen molar-refractivity contribution in [1.82, 2.24) is 10.3 Å². The molecule has 1 aliphatic heterocycles. The van der Waals surface area contributed by atoms with E-state index >= 15 is 4.39 Å². The van der Waals surface area contributed by atoms with Crippen LogP contribution < -0.4 is 15.5 Å². The minimum Gasteiger partial charge on any atom is -0.353 e. The number of benzene rings is 2. The van der Waals surface area contributed by atoms with Gasteiger partial charge in [-0.05, 0) is 54.8 Å². The summed E-state index contributed by atoms with van der Waals surface area (Å²) in [5, 5.41) is 14.8. The summed E-state index contributed by atoms with van der Waals surface area (Å²) < 4.78 is 57.6. The first-order chi connectivity index (χ1) is 20.9. The summed E-state index contributed by atoms with van der Waals surface area (Å²) in [6.45, 7) is 0. The van der Waals surface area contributed by atoms with Crippen molar-refractivity contribution in [3.05, 3.63) is 88.8 Å². The summed E-state index contributed by atoms with van der Waals surface area (Å²) in [5.41, 5.74) is -2.37. The third kappa shape index (κ3) is 5.97. The zero-order valence-corrected chi connectivity index (χ0v) is 23.8. The molecule has 0 bridgehead atoms. The molecule has 3 aromatic rings. The molecule has 0 spiro atoms. The standard InChI is InChI=1S/C31H26ClF4N5O3/c32-23-7-2-1-6-22(23)26(27(42)39-20-8-11-30(35,36)12-9-20)31(29(44)40-21-5-3-4-19(33)15-21)16-24(34)28(43)41(31)25-14-18(17-37)10-13-38-25/h1-7,10,13-15,20,24,26H,8-9,11-12,16H2,(H,39,42)(H,40,44)/t24?,26-,31?/m1/s1. The van der Waals surface area contributed by atoms with Gasteiger partial charge in [0.2, 0.25) is 11.8 Å².